The van der Waals surface area contributed by atoms with E-state index in [1.54, 1.807) is 0 Å². The van der Waals surface area contributed by atoms with E-state index in [0.29, 0.717) is 5.13 Å². The molecule has 2 heterocycles. The molecule has 0 radical (unpaired) electrons. The lowest BCUT2D eigenvalue weighted by atomic mass is 9.52. The summed E-state index contributed by atoms with van der Waals surface area (Å²) in [7, 11) is 0. The van der Waals surface area contributed by atoms with Crippen LogP contribution in [0.25, 0.3) is 0 Å². The van der Waals surface area contributed by atoms with Crippen molar-refractivity contribution < 1.29 is 18.0 Å². The van der Waals surface area contributed by atoms with Crippen molar-refractivity contribution >= 4 is 22.4 Å². The Morgan fingerprint density at radius 3 is 2.59 bits per heavy atom. The van der Waals surface area contributed by atoms with Gasteiger partial charge in [0.05, 0.1) is 0 Å². The van der Waals surface area contributed by atoms with Crippen molar-refractivity contribution in [1.82, 2.24) is 10.3 Å². The predicted molar refractivity (Wildman–Crippen MR) is 98.6 cm³/mol. The van der Waals surface area contributed by atoms with E-state index in [1.165, 1.54) is 0 Å². The van der Waals surface area contributed by atoms with E-state index in [1.807, 2.05) is 4.90 Å². The number of carbonyl (C=O) groups is 1. The maximum Gasteiger partial charge on any atom is 0.434 e. The highest BCUT2D eigenvalue weighted by Crippen LogP contribution is 2.54. The molecule has 1 saturated heterocycles. The number of anilines is 1. The molecule has 3 aliphatic rings. The van der Waals surface area contributed by atoms with Crippen LogP contribution in [0, 0.1) is 17.3 Å². The molecule has 1 N–H and O–H groups in total. The molecule has 8 heteroatoms. The molecule has 1 aromatic rings. The summed E-state index contributed by atoms with van der Waals surface area (Å²) in [5, 5.41) is 4.84. The molecule has 3 unspecified atom stereocenters. The van der Waals surface area contributed by atoms with Gasteiger partial charge < -0.3 is 10.2 Å². The average molecular weight is 401 g/mol. The third-order valence-electron chi connectivity index (χ3n) is 6.72. The lowest BCUT2D eigenvalue weighted by Gasteiger charge is -2.64. The van der Waals surface area contributed by atoms with Gasteiger partial charge in [-0.1, -0.05) is 26.7 Å². The molecule has 0 bridgehead atoms. The van der Waals surface area contributed by atoms with E-state index >= 15 is 0 Å². The van der Waals surface area contributed by atoms with Crippen LogP contribution in [0.4, 0.5) is 18.3 Å². The van der Waals surface area contributed by atoms with Gasteiger partial charge in [-0.15, -0.1) is 11.3 Å². The molecule has 2 saturated carbocycles. The van der Waals surface area contributed by atoms with Gasteiger partial charge in [-0.2, -0.15) is 13.2 Å². The van der Waals surface area contributed by atoms with Gasteiger partial charge in [0.25, 0.3) is 0 Å². The van der Waals surface area contributed by atoms with Crippen LogP contribution in [-0.4, -0.2) is 29.5 Å². The summed E-state index contributed by atoms with van der Waals surface area (Å²) in [6, 6.07) is 0.202. The quantitative estimate of drug-likeness (QED) is 0.813. The first kappa shape index (κ1) is 19.0. The Morgan fingerprint density at radius 1 is 1.26 bits per heavy atom. The fourth-order valence-corrected chi connectivity index (χ4v) is 6.33. The summed E-state index contributed by atoms with van der Waals surface area (Å²) in [6.45, 7) is 4.95. The molecule has 3 fully saturated rings. The maximum absolute atomic E-state index is 12.9. The molecular weight excluding hydrogens is 375 g/mol. The molecule has 1 aromatic heterocycles. The number of fused-ring (bicyclic) bond motifs is 1. The molecule has 1 amide bonds. The van der Waals surface area contributed by atoms with E-state index in [2.05, 4.69) is 24.1 Å². The second-order valence-electron chi connectivity index (χ2n) is 8.75. The zero-order chi connectivity index (χ0) is 19.4. The summed E-state index contributed by atoms with van der Waals surface area (Å²) in [4.78, 5) is 18.5. The Kier molecular flexibility index (Phi) is 4.68. The van der Waals surface area contributed by atoms with E-state index in [-0.39, 0.29) is 35.2 Å². The number of hydrogen-bond acceptors (Lipinski definition) is 4. The number of carbonyl (C=O) groups excluding carboxylic acids is 1. The Bertz CT molecular complexity index is 711. The fourth-order valence-electron chi connectivity index (χ4n) is 5.44. The number of halogens is 3. The number of piperidine rings is 1. The van der Waals surface area contributed by atoms with Gasteiger partial charge in [0.15, 0.2) is 10.8 Å². The van der Waals surface area contributed by atoms with Crippen molar-refractivity contribution in [2.24, 2.45) is 17.3 Å². The van der Waals surface area contributed by atoms with Crippen LogP contribution in [0.5, 0.6) is 0 Å². The minimum Gasteiger partial charge on any atom is -0.352 e. The summed E-state index contributed by atoms with van der Waals surface area (Å²) >= 11 is 1.07. The first-order valence-electron chi connectivity index (χ1n) is 9.79. The van der Waals surface area contributed by atoms with E-state index in [9.17, 15) is 18.0 Å². The van der Waals surface area contributed by atoms with Crippen molar-refractivity contribution in [3.63, 3.8) is 0 Å². The Balaban J connectivity index is 1.50. The first-order valence-corrected chi connectivity index (χ1v) is 10.7. The average Bonchev–Trinajstić information content (AvgIpc) is 3.29. The Hall–Kier alpha value is -1.31. The van der Waals surface area contributed by atoms with E-state index < -0.39 is 11.9 Å². The molecule has 0 aromatic carbocycles. The largest absolute Gasteiger partial charge is 0.434 e. The maximum atomic E-state index is 12.9. The van der Waals surface area contributed by atoms with Gasteiger partial charge in [0.1, 0.15) is 0 Å². The Morgan fingerprint density at radius 2 is 1.96 bits per heavy atom. The number of alkyl halides is 3. The third-order valence-corrected chi connectivity index (χ3v) is 7.60. The molecule has 4 nitrogen and oxygen atoms in total. The minimum atomic E-state index is -4.41. The highest BCUT2D eigenvalue weighted by molar-refractivity contribution is 7.13. The normalized spacial score (nSPS) is 30.7. The van der Waals surface area contributed by atoms with Crippen molar-refractivity contribution in [3.8, 4) is 0 Å². The lowest BCUT2D eigenvalue weighted by molar-refractivity contribution is -0.140. The van der Waals surface area contributed by atoms with Crippen LogP contribution >= 0.6 is 11.3 Å². The zero-order valence-electron chi connectivity index (χ0n) is 15.7. The summed E-state index contributed by atoms with van der Waals surface area (Å²) < 4.78 is 38.8. The van der Waals surface area contributed by atoms with Crippen molar-refractivity contribution in [1.29, 1.82) is 0 Å². The monoisotopic (exact) mass is 401 g/mol. The van der Waals surface area contributed by atoms with Crippen LogP contribution in [0.15, 0.2) is 5.38 Å². The van der Waals surface area contributed by atoms with Gasteiger partial charge >= 0.3 is 6.18 Å². The first-order chi connectivity index (χ1) is 12.7. The van der Waals surface area contributed by atoms with Gasteiger partial charge in [-0.3, -0.25) is 4.79 Å². The summed E-state index contributed by atoms with van der Waals surface area (Å²) in [5.74, 6) is 0.569. The van der Waals surface area contributed by atoms with Crippen molar-refractivity contribution in [3.05, 3.63) is 11.1 Å². The smallest absolute Gasteiger partial charge is 0.352 e. The number of amides is 1. The van der Waals surface area contributed by atoms with Gasteiger partial charge in [-0.05, 0) is 25.7 Å². The fraction of sp³-hybridized carbons (Fsp3) is 0.789. The molecular formula is C19H26F3N3OS. The van der Waals surface area contributed by atoms with Crippen molar-refractivity contribution in [2.45, 2.75) is 70.6 Å². The summed E-state index contributed by atoms with van der Waals surface area (Å²) in [5.41, 5.74) is -1.00. The highest BCUT2D eigenvalue weighted by atomic mass is 32.1. The second kappa shape index (κ2) is 6.64. The predicted octanol–water partition coefficient (Wildman–Crippen LogP) is 4.46. The van der Waals surface area contributed by atoms with Crippen LogP contribution < -0.4 is 10.2 Å². The molecule has 150 valence electrons. The molecule has 1 aliphatic heterocycles. The second-order valence-corrected chi connectivity index (χ2v) is 9.58. The third kappa shape index (κ3) is 3.23. The van der Waals surface area contributed by atoms with Crippen LogP contribution in [0.2, 0.25) is 0 Å². The van der Waals surface area contributed by atoms with Crippen LogP contribution in [-0.2, 0) is 11.0 Å². The minimum absolute atomic E-state index is 0.0837. The lowest BCUT2D eigenvalue weighted by Crippen LogP contribution is -2.75. The van der Waals surface area contributed by atoms with Crippen molar-refractivity contribution in [2.75, 3.05) is 11.4 Å². The number of nitrogens with zero attached hydrogens (tertiary/aromatic N) is 2. The van der Waals surface area contributed by atoms with Crippen LogP contribution in [0.3, 0.4) is 0 Å². The SMILES string of the molecule is CC1(C)C(NC(=O)C2CCCC2)C2CCCN(c3nc(C(F)(F)F)cs3)C21. The number of rotatable bonds is 3. The highest BCUT2D eigenvalue weighted by Gasteiger charge is 2.60. The summed E-state index contributed by atoms with van der Waals surface area (Å²) in [6.07, 6.45) is 1.69. The number of hydrogen-bond donors (Lipinski definition) is 1. The van der Waals surface area contributed by atoms with Gasteiger partial charge in [-0.25, -0.2) is 4.98 Å². The number of nitrogens with one attached hydrogen (secondary N) is 1. The number of thiazole rings is 1. The van der Waals surface area contributed by atoms with Gasteiger partial charge in [0.2, 0.25) is 5.91 Å². The van der Waals surface area contributed by atoms with Crippen LogP contribution in [0.1, 0.15) is 58.1 Å². The molecule has 4 rings (SSSR count). The zero-order valence-corrected chi connectivity index (χ0v) is 16.5. The topological polar surface area (TPSA) is 45.2 Å². The standard InChI is InChI=1S/C19H26F3N3OS/c1-18(2)14(24-16(26)11-6-3-4-7-11)12-8-5-9-25(15(12)18)17-23-13(10-27-17)19(20,21)22/h10-12,14-15H,3-9H2,1-2H3,(H,24,26). The van der Waals surface area contributed by atoms with E-state index in [0.717, 1.165) is 61.8 Å². The Labute approximate surface area is 161 Å². The van der Waals surface area contributed by atoms with E-state index in [4.69, 9.17) is 0 Å². The molecule has 2 aliphatic carbocycles. The molecule has 3 atom stereocenters. The molecule has 27 heavy (non-hydrogen) atoms. The number of aromatic nitrogens is 1. The molecule has 0 spiro atoms. The van der Waals surface area contributed by atoms with Gasteiger partial charge in [0, 0.05) is 41.3 Å².